The standard InChI is InChI=1S/C22H27NO2/c1-2-3-14-20-15-21(25-17-19-12-8-5-9-13-19)22(24)23(20)16-18-10-6-4-7-11-18/h4-13,20-21H,2-3,14-17H2,1H3/t20-,21-/m0/s1. The third-order valence-corrected chi connectivity index (χ3v) is 4.87. The van der Waals surface area contributed by atoms with E-state index in [1.165, 1.54) is 5.56 Å². The van der Waals surface area contributed by atoms with Crippen molar-refractivity contribution in [2.45, 2.75) is 57.9 Å². The van der Waals surface area contributed by atoms with Gasteiger partial charge in [-0.3, -0.25) is 4.79 Å². The Morgan fingerprint density at radius 1 is 1.00 bits per heavy atom. The Morgan fingerprint density at radius 3 is 2.28 bits per heavy atom. The van der Waals surface area contributed by atoms with Gasteiger partial charge in [-0.2, -0.15) is 0 Å². The summed E-state index contributed by atoms with van der Waals surface area (Å²) in [5, 5.41) is 0. The maximum Gasteiger partial charge on any atom is 0.252 e. The maximum absolute atomic E-state index is 12.9. The summed E-state index contributed by atoms with van der Waals surface area (Å²) in [4.78, 5) is 14.9. The number of rotatable bonds is 8. The molecule has 0 unspecified atom stereocenters. The molecule has 1 aliphatic heterocycles. The van der Waals surface area contributed by atoms with E-state index in [4.69, 9.17) is 4.74 Å². The highest BCUT2D eigenvalue weighted by Gasteiger charge is 2.39. The van der Waals surface area contributed by atoms with E-state index < -0.39 is 0 Å². The number of amides is 1. The molecular weight excluding hydrogens is 310 g/mol. The molecule has 1 aliphatic rings. The van der Waals surface area contributed by atoms with Gasteiger partial charge >= 0.3 is 0 Å². The van der Waals surface area contributed by atoms with E-state index in [1.807, 2.05) is 53.4 Å². The van der Waals surface area contributed by atoms with E-state index in [9.17, 15) is 4.79 Å². The molecule has 2 atom stereocenters. The Bertz CT molecular complexity index is 656. The fraction of sp³-hybridized carbons (Fsp3) is 0.409. The third kappa shape index (κ3) is 4.70. The van der Waals surface area contributed by atoms with Crippen LogP contribution in [-0.2, 0) is 22.7 Å². The SMILES string of the molecule is CCCC[C@H]1C[C@H](OCc2ccccc2)C(=O)N1Cc1ccccc1. The third-order valence-electron chi connectivity index (χ3n) is 4.87. The summed E-state index contributed by atoms with van der Waals surface area (Å²) < 4.78 is 5.99. The number of likely N-dealkylation sites (tertiary alicyclic amines) is 1. The molecule has 3 heteroatoms. The van der Waals surface area contributed by atoms with Gasteiger partial charge in [0.05, 0.1) is 6.61 Å². The van der Waals surface area contributed by atoms with Gasteiger partial charge in [-0.25, -0.2) is 0 Å². The molecule has 25 heavy (non-hydrogen) atoms. The number of carbonyl (C=O) groups is 1. The summed E-state index contributed by atoms with van der Waals surface area (Å²) in [7, 11) is 0. The van der Waals surface area contributed by atoms with Crippen molar-refractivity contribution in [1.82, 2.24) is 4.90 Å². The minimum atomic E-state index is -0.314. The van der Waals surface area contributed by atoms with Crippen molar-refractivity contribution in [2.75, 3.05) is 0 Å². The van der Waals surface area contributed by atoms with Gasteiger partial charge in [0.15, 0.2) is 0 Å². The van der Waals surface area contributed by atoms with Crippen LogP contribution in [0.2, 0.25) is 0 Å². The number of carbonyl (C=O) groups excluding carboxylic acids is 1. The predicted octanol–water partition coefficient (Wildman–Crippen LogP) is 4.56. The zero-order valence-corrected chi connectivity index (χ0v) is 14.9. The monoisotopic (exact) mass is 337 g/mol. The van der Waals surface area contributed by atoms with E-state index in [0.717, 1.165) is 31.2 Å². The zero-order chi connectivity index (χ0) is 17.5. The van der Waals surface area contributed by atoms with Gasteiger partial charge in [0.1, 0.15) is 6.10 Å². The van der Waals surface area contributed by atoms with Crippen molar-refractivity contribution in [3.63, 3.8) is 0 Å². The highest BCUT2D eigenvalue weighted by molar-refractivity contribution is 5.83. The smallest absolute Gasteiger partial charge is 0.252 e. The van der Waals surface area contributed by atoms with E-state index in [0.29, 0.717) is 13.2 Å². The topological polar surface area (TPSA) is 29.5 Å². The molecule has 1 fully saturated rings. The largest absolute Gasteiger partial charge is 0.364 e. The average molecular weight is 337 g/mol. The first-order valence-corrected chi connectivity index (χ1v) is 9.28. The van der Waals surface area contributed by atoms with Crippen LogP contribution in [0.4, 0.5) is 0 Å². The number of nitrogens with zero attached hydrogens (tertiary/aromatic N) is 1. The van der Waals surface area contributed by atoms with E-state index in [2.05, 4.69) is 19.1 Å². The molecule has 2 aromatic carbocycles. The van der Waals surface area contributed by atoms with Crippen molar-refractivity contribution in [3.8, 4) is 0 Å². The molecule has 0 saturated carbocycles. The molecule has 0 N–H and O–H groups in total. The number of ether oxygens (including phenoxy) is 1. The van der Waals surface area contributed by atoms with Crippen LogP contribution < -0.4 is 0 Å². The lowest BCUT2D eigenvalue weighted by atomic mass is 10.1. The molecule has 0 spiro atoms. The molecule has 2 aromatic rings. The lowest BCUT2D eigenvalue weighted by Crippen LogP contribution is -2.34. The Labute approximate surface area is 150 Å². The van der Waals surface area contributed by atoms with Crippen LogP contribution in [0, 0.1) is 0 Å². The Balaban J connectivity index is 1.65. The summed E-state index contributed by atoms with van der Waals surface area (Å²) in [5.74, 6) is 0.140. The van der Waals surface area contributed by atoms with Gasteiger partial charge in [0.25, 0.3) is 5.91 Å². The first-order valence-electron chi connectivity index (χ1n) is 9.28. The molecule has 0 aliphatic carbocycles. The van der Waals surface area contributed by atoms with Crippen LogP contribution in [0.3, 0.4) is 0 Å². The molecule has 0 bridgehead atoms. The Kier molecular flexibility index (Phi) is 6.24. The van der Waals surface area contributed by atoms with Crippen LogP contribution in [0.15, 0.2) is 60.7 Å². The summed E-state index contributed by atoms with van der Waals surface area (Å²) in [6.07, 6.45) is 3.85. The summed E-state index contributed by atoms with van der Waals surface area (Å²) in [6.45, 7) is 3.37. The van der Waals surface area contributed by atoms with Gasteiger partial charge in [-0.05, 0) is 17.5 Å². The molecular formula is C22H27NO2. The number of hydrogen-bond donors (Lipinski definition) is 0. The number of hydrogen-bond acceptors (Lipinski definition) is 2. The molecule has 1 heterocycles. The summed E-state index contributed by atoms with van der Waals surface area (Å²) >= 11 is 0. The molecule has 132 valence electrons. The van der Waals surface area contributed by atoms with Crippen LogP contribution in [0.5, 0.6) is 0 Å². The second-order valence-corrected chi connectivity index (χ2v) is 6.77. The zero-order valence-electron chi connectivity index (χ0n) is 14.9. The van der Waals surface area contributed by atoms with Crippen molar-refractivity contribution < 1.29 is 9.53 Å². The van der Waals surface area contributed by atoms with Crippen molar-refractivity contribution >= 4 is 5.91 Å². The van der Waals surface area contributed by atoms with Crippen molar-refractivity contribution in [3.05, 3.63) is 71.8 Å². The molecule has 0 radical (unpaired) electrons. The van der Waals surface area contributed by atoms with Gasteiger partial charge in [0.2, 0.25) is 0 Å². The van der Waals surface area contributed by atoms with Crippen LogP contribution in [0.25, 0.3) is 0 Å². The lowest BCUT2D eigenvalue weighted by Gasteiger charge is -2.24. The second kappa shape index (κ2) is 8.82. The number of unbranched alkanes of at least 4 members (excludes halogenated alkanes) is 1. The summed E-state index contributed by atoms with van der Waals surface area (Å²) in [5.41, 5.74) is 2.29. The Morgan fingerprint density at radius 2 is 1.64 bits per heavy atom. The minimum absolute atomic E-state index is 0.140. The van der Waals surface area contributed by atoms with Gasteiger partial charge in [-0.15, -0.1) is 0 Å². The molecule has 1 saturated heterocycles. The first-order chi connectivity index (χ1) is 12.3. The van der Waals surface area contributed by atoms with Crippen LogP contribution >= 0.6 is 0 Å². The van der Waals surface area contributed by atoms with E-state index in [-0.39, 0.29) is 18.1 Å². The van der Waals surface area contributed by atoms with Gasteiger partial charge < -0.3 is 9.64 Å². The highest BCUT2D eigenvalue weighted by Crippen LogP contribution is 2.28. The van der Waals surface area contributed by atoms with Gasteiger partial charge in [0, 0.05) is 19.0 Å². The van der Waals surface area contributed by atoms with Crippen LogP contribution in [-0.4, -0.2) is 23.0 Å². The Hall–Kier alpha value is -2.13. The second-order valence-electron chi connectivity index (χ2n) is 6.77. The minimum Gasteiger partial charge on any atom is -0.364 e. The van der Waals surface area contributed by atoms with Crippen molar-refractivity contribution in [1.29, 1.82) is 0 Å². The van der Waals surface area contributed by atoms with Gasteiger partial charge in [-0.1, -0.05) is 80.4 Å². The number of benzene rings is 2. The molecule has 1 amide bonds. The quantitative estimate of drug-likeness (QED) is 0.706. The average Bonchev–Trinajstić information content (AvgIpc) is 2.95. The van der Waals surface area contributed by atoms with E-state index >= 15 is 0 Å². The van der Waals surface area contributed by atoms with Crippen LogP contribution in [0.1, 0.15) is 43.7 Å². The predicted molar refractivity (Wildman–Crippen MR) is 99.9 cm³/mol. The summed E-state index contributed by atoms with van der Waals surface area (Å²) in [6, 6.07) is 20.6. The fourth-order valence-electron chi connectivity index (χ4n) is 3.45. The fourth-order valence-corrected chi connectivity index (χ4v) is 3.45. The normalized spacial score (nSPS) is 20.2. The first kappa shape index (κ1) is 17.7. The molecule has 0 aromatic heterocycles. The van der Waals surface area contributed by atoms with E-state index in [1.54, 1.807) is 0 Å². The lowest BCUT2D eigenvalue weighted by molar-refractivity contribution is -0.139. The molecule has 3 rings (SSSR count). The maximum atomic E-state index is 12.9. The molecule has 3 nitrogen and oxygen atoms in total. The highest BCUT2D eigenvalue weighted by atomic mass is 16.5. The van der Waals surface area contributed by atoms with Crippen molar-refractivity contribution in [2.24, 2.45) is 0 Å².